The van der Waals surface area contributed by atoms with E-state index in [1.807, 2.05) is 19.1 Å². The lowest BCUT2D eigenvalue weighted by Gasteiger charge is -2.33. The lowest BCUT2D eigenvalue weighted by molar-refractivity contribution is -0.132. The van der Waals surface area contributed by atoms with Crippen LogP contribution < -0.4 is 5.32 Å². The molecule has 1 aliphatic heterocycles. The first-order chi connectivity index (χ1) is 12.1. The maximum Gasteiger partial charge on any atom is 0.246 e. The molecule has 2 heterocycles. The zero-order valence-corrected chi connectivity index (χ0v) is 15.0. The highest BCUT2D eigenvalue weighted by Gasteiger charge is 2.29. The van der Waals surface area contributed by atoms with Gasteiger partial charge in [0.1, 0.15) is 11.5 Å². The lowest BCUT2D eigenvalue weighted by atomic mass is 9.93. The van der Waals surface area contributed by atoms with Crippen LogP contribution in [0.25, 0.3) is 6.08 Å². The molecule has 2 amide bonds. The second-order valence-corrected chi connectivity index (χ2v) is 7.25. The molecular weight excluding hydrogens is 316 g/mol. The molecule has 25 heavy (non-hydrogen) atoms. The van der Waals surface area contributed by atoms with Crippen LogP contribution in [-0.4, -0.2) is 35.8 Å². The van der Waals surface area contributed by atoms with Crippen LogP contribution in [0.15, 0.2) is 22.6 Å². The summed E-state index contributed by atoms with van der Waals surface area (Å²) in [5, 5.41) is 3.20. The minimum Gasteiger partial charge on any atom is -0.462 e. The maximum absolute atomic E-state index is 12.5. The standard InChI is InChI=1S/C20H28N2O3/c1-15-9-10-18(25-15)11-12-19(23)22-13-5-6-16(14-22)20(24)21-17-7-3-2-4-8-17/h9-12,16-17H,2-8,13-14H2,1H3,(H,21,24)/b12-11-/t16-/m0/s1. The van der Waals surface area contributed by atoms with Gasteiger partial charge in [0, 0.05) is 25.2 Å². The zero-order chi connectivity index (χ0) is 17.6. The third kappa shape index (κ3) is 4.97. The second kappa shape index (κ2) is 8.37. The molecule has 5 nitrogen and oxygen atoms in total. The summed E-state index contributed by atoms with van der Waals surface area (Å²) in [5.74, 6) is 1.48. The first kappa shape index (κ1) is 17.8. The van der Waals surface area contributed by atoms with E-state index in [-0.39, 0.29) is 17.7 Å². The van der Waals surface area contributed by atoms with E-state index in [4.69, 9.17) is 4.42 Å². The number of nitrogens with zero attached hydrogens (tertiary/aromatic N) is 1. The molecule has 1 aliphatic carbocycles. The topological polar surface area (TPSA) is 62.6 Å². The Morgan fingerprint density at radius 2 is 1.96 bits per heavy atom. The van der Waals surface area contributed by atoms with Crippen molar-refractivity contribution in [1.29, 1.82) is 0 Å². The highest BCUT2D eigenvalue weighted by Crippen LogP contribution is 2.21. The number of likely N-dealkylation sites (tertiary alicyclic amines) is 1. The van der Waals surface area contributed by atoms with Crippen molar-refractivity contribution in [1.82, 2.24) is 10.2 Å². The van der Waals surface area contributed by atoms with Gasteiger partial charge in [0.25, 0.3) is 0 Å². The molecule has 1 aromatic heterocycles. The molecule has 136 valence electrons. The Morgan fingerprint density at radius 3 is 2.68 bits per heavy atom. The van der Waals surface area contributed by atoms with Crippen molar-refractivity contribution in [2.75, 3.05) is 13.1 Å². The third-order valence-electron chi connectivity index (χ3n) is 5.21. The van der Waals surface area contributed by atoms with E-state index in [9.17, 15) is 9.59 Å². The molecule has 2 fully saturated rings. The van der Waals surface area contributed by atoms with E-state index in [1.165, 1.54) is 19.3 Å². The highest BCUT2D eigenvalue weighted by molar-refractivity contribution is 5.92. The Hall–Kier alpha value is -2.04. The number of nitrogens with one attached hydrogen (secondary N) is 1. The molecule has 1 N–H and O–H groups in total. The monoisotopic (exact) mass is 344 g/mol. The van der Waals surface area contributed by atoms with Crippen LogP contribution in [0.4, 0.5) is 0 Å². The molecule has 2 aliphatic rings. The summed E-state index contributed by atoms with van der Waals surface area (Å²) in [6.45, 7) is 3.10. The van der Waals surface area contributed by atoms with E-state index in [1.54, 1.807) is 17.1 Å². The number of aryl methyl sites for hydroxylation is 1. The van der Waals surface area contributed by atoms with Crippen LogP contribution in [0.1, 0.15) is 56.5 Å². The smallest absolute Gasteiger partial charge is 0.246 e. The Balaban J connectivity index is 1.52. The fourth-order valence-electron chi connectivity index (χ4n) is 3.76. The Bertz CT molecular complexity index is 629. The number of piperidine rings is 1. The van der Waals surface area contributed by atoms with Crippen molar-refractivity contribution in [2.45, 2.75) is 57.9 Å². The van der Waals surface area contributed by atoms with Gasteiger partial charge in [0.2, 0.25) is 11.8 Å². The molecule has 1 atom stereocenters. The molecule has 1 saturated heterocycles. The Kier molecular flexibility index (Phi) is 5.95. The van der Waals surface area contributed by atoms with Gasteiger partial charge in [-0.15, -0.1) is 0 Å². The van der Waals surface area contributed by atoms with Gasteiger partial charge in [-0.1, -0.05) is 19.3 Å². The van der Waals surface area contributed by atoms with E-state index in [0.717, 1.165) is 31.4 Å². The fraction of sp³-hybridized carbons (Fsp3) is 0.600. The van der Waals surface area contributed by atoms with Gasteiger partial charge in [-0.05, 0) is 50.8 Å². The summed E-state index contributed by atoms with van der Waals surface area (Å²) < 4.78 is 5.44. The summed E-state index contributed by atoms with van der Waals surface area (Å²) in [7, 11) is 0. The number of carbonyl (C=O) groups is 2. The van der Waals surface area contributed by atoms with Gasteiger partial charge in [0.15, 0.2) is 0 Å². The normalized spacial score (nSPS) is 22.3. The quantitative estimate of drug-likeness (QED) is 0.853. The molecule has 1 saturated carbocycles. The second-order valence-electron chi connectivity index (χ2n) is 7.25. The Morgan fingerprint density at radius 1 is 1.16 bits per heavy atom. The minimum absolute atomic E-state index is 0.0516. The van der Waals surface area contributed by atoms with E-state index < -0.39 is 0 Å². The van der Waals surface area contributed by atoms with Gasteiger partial charge in [-0.3, -0.25) is 9.59 Å². The number of hydrogen-bond acceptors (Lipinski definition) is 3. The average Bonchev–Trinajstić information content (AvgIpc) is 3.06. The summed E-state index contributed by atoms with van der Waals surface area (Å²) in [6.07, 6.45) is 10.8. The van der Waals surface area contributed by atoms with Crippen molar-refractivity contribution in [3.8, 4) is 0 Å². The van der Waals surface area contributed by atoms with Crippen LogP contribution in [-0.2, 0) is 9.59 Å². The van der Waals surface area contributed by atoms with Crippen LogP contribution in [0.5, 0.6) is 0 Å². The van der Waals surface area contributed by atoms with E-state index in [0.29, 0.717) is 24.9 Å². The third-order valence-corrected chi connectivity index (χ3v) is 5.21. The summed E-state index contributed by atoms with van der Waals surface area (Å²) in [6, 6.07) is 4.04. The van der Waals surface area contributed by atoms with Crippen LogP contribution in [0.3, 0.4) is 0 Å². The largest absolute Gasteiger partial charge is 0.462 e. The lowest BCUT2D eigenvalue weighted by Crippen LogP contribution is -2.47. The predicted molar refractivity (Wildman–Crippen MR) is 96.8 cm³/mol. The number of amides is 2. The first-order valence-corrected chi connectivity index (χ1v) is 9.45. The van der Waals surface area contributed by atoms with Gasteiger partial charge in [0.05, 0.1) is 5.92 Å². The van der Waals surface area contributed by atoms with Crippen molar-refractivity contribution in [2.24, 2.45) is 5.92 Å². The number of rotatable bonds is 4. The van der Waals surface area contributed by atoms with Crippen molar-refractivity contribution in [3.05, 3.63) is 29.7 Å². The van der Waals surface area contributed by atoms with Crippen molar-refractivity contribution >= 4 is 17.9 Å². The molecular formula is C20H28N2O3. The van der Waals surface area contributed by atoms with Crippen molar-refractivity contribution < 1.29 is 14.0 Å². The maximum atomic E-state index is 12.5. The fourth-order valence-corrected chi connectivity index (χ4v) is 3.76. The van der Waals surface area contributed by atoms with E-state index >= 15 is 0 Å². The van der Waals surface area contributed by atoms with Crippen molar-refractivity contribution in [3.63, 3.8) is 0 Å². The molecule has 3 rings (SSSR count). The van der Waals surface area contributed by atoms with Gasteiger partial charge in [-0.2, -0.15) is 0 Å². The minimum atomic E-state index is -0.0844. The first-order valence-electron chi connectivity index (χ1n) is 9.45. The molecule has 1 aromatic rings. The van der Waals surface area contributed by atoms with Crippen LogP contribution in [0, 0.1) is 12.8 Å². The summed E-state index contributed by atoms with van der Waals surface area (Å²) >= 11 is 0. The number of hydrogen-bond donors (Lipinski definition) is 1. The number of carbonyl (C=O) groups excluding carboxylic acids is 2. The zero-order valence-electron chi connectivity index (χ0n) is 15.0. The molecule has 5 heteroatoms. The van der Waals surface area contributed by atoms with Crippen LogP contribution >= 0.6 is 0 Å². The predicted octanol–water partition coefficient (Wildman–Crippen LogP) is 3.29. The van der Waals surface area contributed by atoms with Crippen LogP contribution in [0.2, 0.25) is 0 Å². The average molecular weight is 344 g/mol. The van der Waals surface area contributed by atoms with Gasteiger partial charge in [-0.25, -0.2) is 0 Å². The molecule has 0 bridgehead atoms. The Labute approximate surface area is 149 Å². The highest BCUT2D eigenvalue weighted by atomic mass is 16.3. The summed E-state index contributed by atoms with van der Waals surface area (Å²) in [5.41, 5.74) is 0. The molecule has 0 aromatic carbocycles. The van der Waals surface area contributed by atoms with Gasteiger partial charge < -0.3 is 14.6 Å². The molecule has 0 radical (unpaired) electrons. The van der Waals surface area contributed by atoms with Gasteiger partial charge >= 0.3 is 0 Å². The summed E-state index contributed by atoms with van der Waals surface area (Å²) in [4.78, 5) is 26.7. The number of furan rings is 1. The molecule has 0 unspecified atom stereocenters. The molecule has 0 spiro atoms. The van der Waals surface area contributed by atoms with E-state index in [2.05, 4.69) is 5.32 Å². The SMILES string of the molecule is Cc1ccc(/C=C\C(=O)N2CCC[C@H](C(=O)NC3CCCCC3)C2)o1.